The summed E-state index contributed by atoms with van der Waals surface area (Å²) in [5.41, 5.74) is -0.503. The van der Waals surface area contributed by atoms with Crippen LogP contribution in [0.2, 0.25) is 0 Å². The highest BCUT2D eigenvalue weighted by Gasteiger charge is 2.27. The van der Waals surface area contributed by atoms with Crippen molar-refractivity contribution in [1.29, 1.82) is 0 Å². The lowest BCUT2D eigenvalue weighted by molar-refractivity contribution is -0.384. The van der Waals surface area contributed by atoms with Crippen molar-refractivity contribution in [1.82, 2.24) is 4.90 Å². The van der Waals surface area contributed by atoms with E-state index in [1.807, 2.05) is 20.8 Å². The summed E-state index contributed by atoms with van der Waals surface area (Å²) in [7, 11) is -3.52. The van der Waals surface area contributed by atoms with E-state index in [9.17, 15) is 23.3 Å². The number of sulfone groups is 1. The molecule has 1 aliphatic heterocycles. The number of amides is 1. The summed E-state index contributed by atoms with van der Waals surface area (Å²) in [6.45, 7) is 8.61. The molecule has 0 atom stereocenters. The van der Waals surface area contributed by atoms with Gasteiger partial charge in [0.2, 0.25) is 0 Å². The van der Waals surface area contributed by atoms with Gasteiger partial charge in [-0.05, 0) is 51.7 Å². The maximum Gasteiger partial charge on any atom is 0.410 e. The van der Waals surface area contributed by atoms with Gasteiger partial charge in [0.15, 0.2) is 9.84 Å². The summed E-state index contributed by atoms with van der Waals surface area (Å²) in [5, 5.41) is 14.5. The maximum absolute atomic E-state index is 12.1. The summed E-state index contributed by atoms with van der Waals surface area (Å²) >= 11 is 0. The van der Waals surface area contributed by atoms with Gasteiger partial charge in [0, 0.05) is 25.7 Å². The van der Waals surface area contributed by atoms with Crippen LogP contribution in [0.15, 0.2) is 23.1 Å². The van der Waals surface area contributed by atoms with Crippen molar-refractivity contribution in [2.24, 2.45) is 5.92 Å². The first-order valence-electron chi connectivity index (χ1n) is 9.66. The predicted molar refractivity (Wildman–Crippen MR) is 110 cm³/mol. The van der Waals surface area contributed by atoms with Crippen LogP contribution in [-0.2, 0) is 14.6 Å². The topological polar surface area (TPSA) is 119 Å². The van der Waals surface area contributed by atoms with Crippen LogP contribution < -0.4 is 5.32 Å². The van der Waals surface area contributed by atoms with E-state index in [0.29, 0.717) is 25.3 Å². The minimum atomic E-state index is -3.52. The molecular formula is C19H29N3O6S. The molecule has 2 rings (SSSR count). The molecule has 9 nitrogen and oxygen atoms in total. The Kier molecular flexibility index (Phi) is 7.10. The highest BCUT2D eigenvalue weighted by molar-refractivity contribution is 7.91. The number of anilines is 1. The molecule has 0 bridgehead atoms. The number of nitro benzene ring substituents is 1. The molecule has 1 heterocycles. The SMILES string of the molecule is CCS(=O)(=O)c1ccc(NCC2CCN(C(=O)OC(C)(C)C)CC2)c([N+](=O)[O-])c1. The molecule has 0 spiro atoms. The van der Waals surface area contributed by atoms with Gasteiger partial charge in [0.05, 0.1) is 15.6 Å². The number of ether oxygens (including phenoxy) is 1. The number of carbonyl (C=O) groups excluding carboxylic acids is 1. The van der Waals surface area contributed by atoms with E-state index in [1.165, 1.54) is 19.1 Å². The van der Waals surface area contributed by atoms with E-state index >= 15 is 0 Å². The Morgan fingerprint density at radius 2 is 1.93 bits per heavy atom. The Bertz CT molecular complexity index is 855. The Balaban J connectivity index is 1.97. The lowest BCUT2D eigenvalue weighted by Crippen LogP contribution is -2.42. The largest absolute Gasteiger partial charge is 0.444 e. The second-order valence-corrected chi connectivity index (χ2v) is 10.4. The fraction of sp³-hybridized carbons (Fsp3) is 0.632. The minimum absolute atomic E-state index is 0.0529. The van der Waals surface area contributed by atoms with E-state index in [2.05, 4.69) is 5.32 Å². The van der Waals surface area contributed by atoms with E-state index in [4.69, 9.17) is 4.74 Å². The molecular weight excluding hydrogens is 398 g/mol. The highest BCUT2D eigenvalue weighted by Crippen LogP contribution is 2.29. The average molecular weight is 428 g/mol. The summed E-state index contributed by atoms with van der Waals surface area (Å²) in [5.74, 6) is 0.125. The lowest BCUT2D eigenvalue weighted by atomic mass is 9.97. The van der Waals surface area contributed by atoms with Crippen molar-refractivity contribution in [3.8, 4) is 0 Å². The van der Waals surface area contributed by atoms with Crippen LogP contribution in [-0.4, -0.2) is 55.3 Å². The van der Waals surface area contributed by atoms with Crippen LogP contribution in [0.4, 0.5) is 16.2 Å². The summed E-state index contributed by atoms with van der Waals surface area (Å²) < 4.78 is 29.3. The molecule has 0 aliphatic carbocycles. The van der Waals surface area contributed by atoms with Crippen molar-refractivity contribution in [2.75, 3.05) is 30.7 Å². The smallest absolute Gasteiger partial charge is 0.410 e. The van der Waals surface area contributed by atoms with Crippen molar-refractivity contribution in [3.05, 3.63) is 28.3 Å². The zero-order valence-corrected chi connectivity index (χ0v) is 18.1. The number of piperidine rings is 1. The fourth-order valence-electron chi connectivity index (χ4n) is 3.07. The number of nitrogens with zero attached hydrogens (tertiary/aromatic N) is 2. The van der Waals surface area contributed by atoms with Gasteiger partial charge in [0.25, 0.3) is 5.69 Å². The molecule has 1 saturated heterocycles. The van der Waals surface area contributed by atoms with Gasteiger partial charge in [-0.2, -0.15) is 0 Å². The Hall–Kier alpha value is -2.36. The number of benzene rings is 1. The van der Waals surface area contributed by atoms with Crippen LogP contribution in [0.5, 0.6) is 0 Å². The van der Waals surface area contributed by atoms with Gasteiger partial charge in [-0.25, -0.2) is 13.2 Å². The molecule has 1 N–H and O–H groups in total. The standard InChI is InChI=1S/C19H29N3O6S/c1-5-29(26,27)15-6-7-16(17(12-15)22(24)25)20-13-14-8-10-21(11-9-14)18(23)28-19(2,3)4/h6-7,12,14,20H,5,8-11,13H2,1-4H3. The van der Waals surface area contributed by atoms with Crippen molar-refractivity contribution in [3.63, 3.8) is 0 Å². The Morgan fingerprint density at radius 3 is 2.45 bits per heavy atom. The first kappa shape index (κ1) is 22.9. The van der Waals surface area contributed by atoms with E-state index in [-0.39, 0.29) is 28.3 Å². The molecule has 29 heavy (non-hydrogen) atoms. The van der Waals surface area contributed by atoms with Crippen molar-refractivity contribution >= 4 is 27.3 Å². The first-order valence-corrected chi connectivity index (χ1v) is 11.3. The molecule has 0 unspecified atom stereocenters. The molecule has 0 radical (unpaired) electrons. The zero-order chi connectivity index (χ0) is 21.8. The quantitative estimate of drug-likeness (QED) is 0.545. The number of nitro groups is 1. The molecule has 0 saturated carbocycles. The van der Waals surface area contributed by atoms with E-state index in [1.54, 1.807) is 4.90 Å². The third kappa shape index (κ3) is 6.31. The monoisotopic (exact) mass is 427 g/mol. The van der Waals surface area contributed by atoms with Gasteiger partial charge >= 0.3 is 6.09 Å². The maximum atomic E-state index is 12.1. The molecule has 10 heteroatoms. The van der Waals surface area contributed by atoms with Gasteiger partial charge in [0.1, 0.15) is 11.3 Å². The third-order valence-corrected chi connectivity index (χ3v) is 6.48. The molecule has 1 fully saturated rings. The summed E-state index contributed by atoms with van der Waals surface area (Å²) in [4.78, 5) is 24.5. The number of hydrogen-bond acceptors (Lipinski definition) is 7. The average Bonchev–Trinajstić information content (AvgIpc) is 2.65. The highest BCUT2D eigenvalue weighted by atomic mass is 32.2. The van der Waals surface area contributed by atoms with Crippen molar-refractivity contribution < 1.29 is 22.9 Å². The van der Waals surface area contributed by atoms with Crippen LogP contribution >= 0.6 is 0 Å². The number of nitrogens with one attached hydrogen (secondary N) is 1. The fourth-order valence-corrected chi connectivity index (χ4v) is 3.97. The van der Waals surface area contributed by atoms with E-state index < -0.39 is 20.4 Å². The number of hydrogen-bond donors (Lipinski definition) is 1. The minimum Gasteiger partial charge on any atom is -0.444 e. The lowest BCUT2D eigenvalue weighted by Gasteiger charge is -2.33. The molecule has 1 aliphatic rings. The second-order valence-electron chi connectivity index (χ2n) is 8.13. The zero-order valence-electron chi connectivity index (χ0n) is 17.3. The van der Waals surface area contributed by atoms with Gasteiger partial charge < -0.3 is 15.0 Å². The van der Waals surface area contributed by atoms with Gasteiger partial charge in [-0.15, -0.1) is 0 Å². The second kappa shape index (κ2) is 8.98. The Labute approximate surface area is 171 Å². The van der Waals surface area contributed by atoms with Crippen LogP contribution in [0.1, 0.15) is 40.5 Å². The molecule has 1 aromatic rings. The molecule has 1 aromatic carbocycles. The van der Waals surface area contributed by atoms with Crippen LogP contribution in [0.25, 0.3) is 0 Å². The van der Waals surface area contributed by atoms with Crippen LogP contribution in [0, 0.1) is 16.0 Å². The Morgan fingerprint density at radius 1 is 1.31 bits per heavy atom. The number of likely N-dealkylation sites (tertiary alicyclic amines) is 1. The third-order valence-electron chi connectivity index (χ3n) is 4.75. The molecule has 1 amide bonds. The normalized spacial score (nSPS) is 15.8. The number of carbonyl (C=O) groups is 1. The first-order chi connectivity index (χ1) is 13.4. The predicted octanol–water partition coefficient (Wildman–Crippen LogP) is 3.45. The van der Waals surface area contributed by atoms with Crippen LogP contribution in [0.3, 0.4) is 0 Å². The van der Waals surface area contributed by atoms with Gasteiger partial charge in [-0.3, -0.25) is 10.1 Å². The summed E-state index contributed by atoms with van der Waals surface area (Å²) in [6, 6.07) is 3.93. The van der Waals surface area contributed by atoms with Crippen molar-refractivity contribution in [2.45, 2.75) is 51.0 Å². The van der Waals surface area contributed by atoms with E-state index in [0.717, 1.165) is 18.9 Å². The summed E-state index contributed by atoms with van der Waals surface area (Å²) in [6.07, 6.45) is 1.18. The molecule has 162 valence electrons. The molecule has 0 aromatic heterocycles. The van der Waals surface area contributed by atoms with Gasteiger partial charge in [-0.1, -0.05) is 6.92 Å². The number of rotatable bonds is 6.